The lowest BCUT2D eigenvalue weighted by atomic mass is 10.2. The van der Waals surface area contributed by atoms with Crippen molar-refractivity contribution in [2.45, 2.75) is 6.18 Å². The summed E-state index contributed by atoms with van der Waals surface area (Å²) in [4.78, 5) is 21.2. The van der Waals surface area contributed by atoms with Crippen LogP contribution < -0.4 is 4.74 Å². The molecule has 0 saturated heterocycles. The minimum Gasteiger partial charge on any atom is -0.473 e. The highest BCUT2D eigenvalue weighted by Crippen LogP contribution is 2.35. The SMILES string of the molecule is O=C(O)C(=O)Oc1cc(C(F)(F)F)cc2[nH]nnc12. The summed E-state index contributed by atoms with van der Waals surface area (Å²) in [5.74, 6) is -4.29. The second-order valence-electron chi connectivity index (χ2n) is 3.37. The van der Waals surface area contributed by atoms with Crippen LogP contribution in [0.2, 0.25) is 0 Å². The van der Waals surface area contributed by atoms with Crippen molar-refractivity contribution in [3.05, 3.63) is 17.7 Å². The number of aliphatic carboxylic acids is 1. The molecule has 0 bridgehead atoms. The molecule has 0 aliphatic heterocycles. The molecule has 0 aliphatic carbocycles. The lowest BCUT2D eigenvalue weighted by Crippen LogP contribution is -2.19. The Bertz CT molecular complexity index is 664. The zero-order valence-electron chi connectivity index (χ0n) is 8.85. The average molecular weight is 275 g/mol. The molecule has 0 aliphatic rings. The van der Waals surface area contributed by atoms with E-state index in [1.54, 1.807) is 0 Å². The van der Waals surface area contributed by atoms with Gasteiger partial charge < -0.3 is 9.84 Å². The summed E-state index contributed by atoms with van der Waals surface area (Å²) in [5.41, 5.74) is -1.44. The van der Waals surface area contributed by atoms with E-state index in [2.05, 4.69) is 20.1 Å². The van der Waals surface area contributed by atoms with Crippen molar-refractivity contribution in [1.82, 2.24) is 15.4 Å². The van der Waals surface area contributed by atoms with E-state index in [4.69, 9.17) is 5.11 Å². The third kappa shape index (κ3) is 2.46. The first-order valence-electron chi connectivity index (χ1n) is 4.66. The number of nitrogens with zero attached hydrogens (tertiary/aromatic N) is 2. The lowest BCUT2D eigenvalue weighted by molar-refractivity contribution is -0.158. The Morgan fingerprint density at radius 2 is 2.00 bits per heavy atom. The number of H-pyrrole nitrogens is 1. The molecule has 1 aromatic heterocycles. The van der Waals surface area contributed by atoms with Crippen LogP contribution >= 0.6 is 0 Å². The number of alkyl halides is 3. The van der Waals surface area contributed by atoms with Gasteiger partial charge in [0.2, 0.25) is 0 Å². The molecule has 0 unspecified atom stereocenters. The topological polar surface area (TPSA) is 105 Å². The van der Waals surface area contributed by atoms with Crippen LogP contribution in [0, 0.1) is 0 Å². The lowest BCUT2D eigenvalue weighted by Gasteiger charge is -2.08. The summed E-state index contributed by atoms with van der Waals surface area (Å²) >= 11 is 0. The average Bonchev–Trinajstić information content (AvgIpc) is 2.75. The van der Waals surface area contributed by atoms with Crippen molar-refractivity contribution in [1.29, 1.82) is 0 Å². The summed E-state index contributed by atoms with van der Waals surface area (Å²) in [7, 11) is 0. The summed E-state index contributed by atoms with van der Waals surface area (Å²) in [6.45, 7) is 0. The van der Waals surface area contributed by atoms with E-state index in [0.717, 1.165) is 0 Å². The molecule has 0 amide bonds. The van der Waals surface area contributed by atoms with Gasteiger partial charge in [0.25, 0.3) is 0 Å². The molecule has 10 heteroatoms. The van der Waals surface area contributed by atoms with Gasteiger partial charge in [0.05, 0.1) is 11.1 Å². The van der Waals surface area contributed by atoms with Crippen LogP contribution in [0.25, 0.3) is 11.0 Å². The van der Waals surface area contributed by atoms with Gasteiger partial charge >= 0.3 is 18.1 Å². The number of benzene rings is 1. The van der Waals surface area contributed by atoms with E-state index in [0.29, 0.717) is 12.1 Å². The van der Waals surface area contributed by atoms with E-state index in [1.807, 2.05) is 0 Å². The molecular weight excluding hydrogens is 271 g/mol. The Balaban J connectivity index is 2.54. The van der Waals surface area contributed by atoms with Crippen LogP contribution in [-0.4, -0.2) is 32.5 Å². The minimum atomic E-state index is -4.69. The monoisotopic (exact) mass is 275 g/mol. The van der Waals surface area contributed by atoms with Crippen LogP contribution in [0.15, 0.2) is 12.1 Å². The number of halogens is 3. The van der Waals surface area contributed by atoms with Crippen LogP contribution in [0.3, 0.4) is 0 Å². The highest BCUT2D eigenvalue weighted by Gasteiger charge is 2.33. The highest BCUT2D eigenvalue weighted by molar-refractivity contribution is 6.29. The minimum absolute atomic E-state index is 0.136. The molecule has 2 aromatic rings. The standard InChI is InChI=1S/C9H4F3N3O4/c10-9(11,12)3-1-4-6(14-15-13-4)5(2-3)19-8(18)7(16)17/h1-2H,(H,16,17)(H,13,14,15). The summed E-state index contributed by atoms with van der Waals surface area (Å²) < 4.78 is 42.1. The van der Waals surface area contributed by atoms with Crippen molar-refractivity contribution >= 4 is 23.0 Å². The largest absolute Gasteiger partial charge is 0.473 e. The zero-order chi connectivity index (χ0) is 14.2. The first-order valence-corrected chi connectivity index (χ1v) is 4.66. The van der Waals surface area contributed by atoms with Crippen molar-refractivity contribution < 1.29 is 32.6 Å². The number of rotatable bonds is 1. The van der Waals surface area contributed by atoms with Crippen LogP contribution in [0.5, 0.6) is 5.75 Å². The summed E-state index contributed by atoms with van der Waals surface area (Å²) in [5, 5.41) is 17.2. The number of carboxylic acids is 1. The molecule has 2 N–H and O–H groups in total. The van der Waals surface area contributed by atoms with E-state index in [1.165, 1.54) is 0 Å². The molecule has 0 radical (unpaired) electrons. The fraction of sp³-hybridized carbons (Fsp3) is 0.111. The number of ether oxygens (including phenoxy) is 1. The number of carboxylic acid groups (broad SMARTS) is 1. The molecule has 0 saturated carbocycles. The molecular formula is C9H4F3N3O4. The van der Waals surface area contributed by atoms with Gasteiger partial charge in [-0.05, 0) is 12.1 Å². The Hall–Kier alpha value is -2.65. The van der Waals surface area contributed by atoms with Gasteiger partial charge in [-0.2, -0.15) is 13.2 Å². The van der Waals surface area contributed by atoms with Crippen molar-refractivity contribution in [3.8, 4) is 5.75 Å². The number of hydrogen-bond acceptors (Lipinski definition) is 5. The number of carbonyl (C=O) groups excluding carboxylic acids is 1. The van der Waals surface area contributed by atoms with Crippen LogP contribution in [0.4, 0.5) is 13.2 Å². The van der Waals surface area contributed by atoms with E-state index in [9.17, 15) is 22.8 Å². The molecule has 100 valence electrons. The van der Waals surface area contributed by atoms with Gasteiger partial charge in [-0.25, -0.2) is 9.59 Å². The quantitative estimate of drug-likeness (QED) is 0.456. The molecule has 7 nitrogen and oxygen atoms in total. The number of esters is 1. The predicted octanol–water partition coefficient (Wildman–Crippen LogP) is 0.967. The Kier molecular flexibility index (Phi) is 2.85. The third-order valence-electron chi connectivity index (χ3n) is 2.10. The molecule has 0 fully saturated rings. The number of fused-ring (bicyclic) bond motifs is 1. The second-order valence-corrected chi connectivity index (χ2v) is 3.37. The van der Waals surface area contributed by atoms with Crippen molar-refractivity contribution in [2.75, 3.05) is 0 Å². The van der Waals surface area contributed by atoms with Crippen LogP contribution in [-0.2, 0) is 15.8 Å². The molecule has 1 aromatic carbocycles. The summed E-state index contributed by atoms with van der Waals surface area (Å²) in [6, 6.07) is 1.19. The smallest absolute Gasteiger partial charge is 0.422 e. The Morgan fingerprint density at radius 1 is 1.32 bits per heavy atom. The zero-order valence-corrected chi connectivity index (χ0v) is 8.85. The van der Waals surface area contributed by atoms with E-state index < -0.39 is 29.4 Å². The normalized spacial score (nSPS) is 11.5. The van der Waals surface area contributed by atoms with Gasteiger partial charge in [0.1, 0.15) is 0 Å². The molecule has 2 rings (SSSR count). The maximum Gasteiger partial charge on any atom is 0.422 e. The first-order chi connectivity index (χ1) is 8.79. The van der Waals surface area contributed by atoms with E-state index >= 15 is 0 Å². The number of aromatic amines is 1. The second kappa shape index (κ2) is 4.23. The van der Waals surface area contributed by atoms with Gasteiger partial charge in [-0.1, -0.05) is 5.21 Å². The number of aromatic nitrogens is 3. The number of carbonyl (C=O) groups is 2. The fourth-order valence-electron chi connectivity index (χ4n) is 1.31. The Labute approximate surface area is 102 Å². The van der Waals surface area contributed by atoms with Gasteiger partial charge in [-0.3, -0.25) is 5.10 Å². The first kappa shape index (κ1) is 12.8. The number of hydrogen-bond donors (Lipinski definition) is 2. The van der Waals surface area contributed by atoms with Gasteiger partial charge in [-0.15, -0.1) is 5.10 Å². The summed E-state index contributed by atoms with van der Waals surface area (Å²) in [6.07, 6.45) is -4.69. The Morgan fingerprint density at radius 3 is 2.58 bits per heavy atom. The molecule has 1 heterocycles. The third-order valence-corrected chi connectivity index (χ3v) is 2.10. The van der Waals surface area contributed by atoms with E-state index in [-0.39, 0.29) is 11.0 Å². The predicted molar refractivity (Wildman–Crippen MR) is 52.2 cm³/mol. The van der Waals surface area contributed by atoms with Gasteiger partial charge in [0, 0.05) is 0 Å². The van der Waals surface area contributed by atoms with Gasteiger partial charge in [0.15, 0.2) is 11.3 Å². The molecule has 0 spiro atoms. The fourth-order valence-corrected chi connectivity index (χ4v) is 1.31. The van der Waals surface area contributed by atoms with Crippen molar-refractivity contribution in [3.63, 3.8) is 0 Å². The maximum atomic E-state index is 12.6. The maximum absolute atomic E-state index is 12.6. The highest BCUT2D eigenvalue weighted by atomic mass is 19.4. The van der Waals surface area contributed by atoms with Crippen molar-refractivity contribution in [2.24, 2.45) is 0 Å². The molecule has 0 atom stereocenters. The molecule has 19 heavy (non-hydrogen) atoms. The van der Waals surface area contributed by atoms with Crippen LogP contribution in [0.1, 0.15) is 5.56 Å². The number of nitrogens with one attached hydrogen (secondary N) is 1.